The van der Waals surface area contributed by atoms with E-state index in [0.717, 1.165) is 19.3 Å². The average molecular weight is 241 g/mol. The van der Waals surface area contributed by atoms with Crippen LogP contribution in [-0.4, -0.2) is 47.1 Å². The minimum absolute atomic E-state index is 0.0787. The number of piperidine rings is 1. The van der Waals surface area contributed by atoms with Gasteiger partial charge >= 0.3 is 6.03 Å². The lowest BCUT2D eigenvalue weighted by Gasteiger charge is -2.27. The van der Waals surface area contributed by atoms with Crippen LogP contribution in [-0.2, 0) is 9.63 Å². The average Bonchev–Trinajstić information content (AvgIpc) is 2.54. The first-order chi connectivity index (χ1) is 8.15. The molecule has 2 rings (SSSR count). The maximum absolute atomic E-state index is 12.0. The van der Waals surface area contributed by atoms with E-state index in [1.807, 2.05) is 0 Å². The van der Waals surface area contributed by atoms with Crippen LogP contribution in [0.5, 0.6) is 0 Å². The summed E-state index contributed by atoms with van der Waals surface area (Å²) in [5.41, 5.74) is 5.29. The second-order valence-electron chi connectivity index (χ2n) is 4.60. The molecule has 2 aliphatic heterocycles. The Morgan fingerprint density at radius 3 is 2.94 bits per heavy atom. The van der Waals surface area contributed by atoms with Crippen LogP contribution in [0.25, 0.3) is 0 Å². The summed E-state index contributed by atoms with van der Waals surface area (Å²) in [6.45, 7) is 3.17. The van der Waals surface area contributed by atoms with Crippen LogP contribution in [0.1, 0.15) is 32.6 Å². The minimum atomic E-state index is -0.460. The summed E-state index contributed by atoms with van der Waals surface area (Å²) < 4.78 is 0. The number of primary amides is 1. The molecule has 0 aromatic rings. The van der Waals surface area contributed by atoms with Crippen molar-refractivity contribution in [3.63, 3.8) is 0 Å². The van der Waals surface area contributed by atoms with Crippen molar-refractivity contribution in [1.29, 1.82) is 0 Å². The highest BCUT2D eigenvalue weighted by atomic mass is 16.7. The molecule has 17 heavy (non-hydrogen) atoms. The number of fused-ring (bicyclic) bond motifs is 2. The Morgan fingerprint density at radius 1 is 1.53 bits per heavy atom. The third-order valence-corrected chi connectivity index (χ3v) is 3.38. The van der Waals surface area contributed by atoms with E-state index in [2.05, 4.69) is 6.92 Å². The van der Waals surface area contributed by atoms with E-state index >= 15 is 0 Å². The number of nitrogens with two attached hydrogens (primary N) is 1. The summed E-state index contributed by atoms with van der Waals surface area (Å²) in [6, 6.07) is -0.596. The van der Waals surface area contributed by atoms with Gasteiger partial charge in [0.1, 0.15) is 6.04 Å². The molecular formula is C11H19N3O3. The number of carbonyl (C=O) groups is 2. The van der Waals surface area contributed by atoms with E-state index in [-0.39, 0.29) is 12.1 Å². The number of urea groups is 1. The number of rotatable bonds is 5. The van der Waals surface area contributed by atoms with Crippen molar-refractivity contribution in [3.8, 4) is 0 Å². The van der Waals surface area contributed by atoms with Gasteiger partial charge in [-0.1, -0.05) is 13.3 Å². The summed E-state index contributed by atoms with van der Waals surface area (Å²) in [5, 5.41) is 1.43. The van der Waals surface area contributed by atoms with Crippen LogP contribution in [0, 0.1) is 0 Å². The zero-order chi connectivity index (χ0) is 12.4. The largest absolute Gasteiger partial charge is 0.368 e. The molecule has 6 nitrogen and oxygen atoms in total. The van der Waals surface area contributed by atoms with Crippen LogP contribution in [0.3, 0.4) is 0 Å². The molecule has 2 aliphatic rings. The number of amides is 3. The van der Waals surface area contributed by atoms with E-state index in [4.69, 9.17) is 10.6 Å². The summed E-state index contributed by atoms with van der Waals surface area (Å²) >= 11 is 0. The van der Waals surface area contributed by atoms with Crippen LogP contribution in [0.2, 0.25) is 0 Å². The highest BCUT2D eigenvalue weighted by Crippen LogP contribution is 2.29. The third kappa shape index (κ3) is 2.22. The van der Waals surface area contributed by atoms with Crippen LogP contribution >= 0.6 is 0 Å². The van der Waals surface area contributed by atoms with E-state index in [9.17, 15) is 9.59 Å². The molecule has 0 aromatic heterocycles. The number of carbonyl (C=O) groups excluding carboxylic acids is 2. The fraction of sp³-hybridized carbons (Fsp3) is 0.818. The molecule has 2 fully saturated rings. The number of hydrogen-bond acceptors (Lipinski definition) is 3. The van der Waals surface area contributed by atoms with E-state index in [1.165, 1.54) is 9.96 Å². The SMILES string of the molecule is CCCCON1C(=O)N2C[C@@H]1CC[C@@H]2C(N)=O. The fourth-order valence-corrected chi connectivity index (χ4v) is 2.40. The second-order valence-corrected chi connectivity index (χ2v) is 4.60. The van der Waals surface area contributed by atoms with Gasteiger partial charge < -0.3 is 10.6 Å². The first-order valence-corrected chi connectivity index (χ1v) is 6.17. The fourth-order valence-electron chi connectivity index (χ4n) is 2.40. The monoisotopic (exact) mass is 241 g/mol. The molecule has 2 bridgehead atoms. The normalized spacial score (nSPS) is 27.7. The molecule has 0 aliphatic carbocycles. The molecule has 2 heterocycles. The minimum Gasteiger partial charge on any atom is -0.368 e. The van der Waals surface area contributed by atoms with Crippen LogP contribution < -0.4 is 5.73 Å². The number of hydroxylamine groups is 2. The van der Waals surface area contributed by atoms with Crippen molar-refractivity contribution in [2.45, 2.75) is 44.7 Å². The highest BCUT2D eigenvalue weighted by Gasteiger charge is 2.47. The smallest absolute Gasteiger partial charge is 0.345 e. The lowest BCUT2D eigenvalue weighted by atomic mass is 10.0. The Bertz CT molecular complexity index is 321. The Kier molecular flexibility index (Phi) is 3.51. The second kappa shape index (κ2) is 4.91. The lowest BCUT2D eigenvalue weighted by molar-refractivity contribution is -0.131. The van der Waals surface area contributed by atoms with Gasteiger partial charge in [0.2, 0.25) is 5.91 Å². The molecule has 3 amide bonds. The van der Waals surface area contributed by atoms with Crippen LogP contribution in [0.15, 0.2) is 0 Å². The Balaban J connectivity index is 1.99. The zero-order valence-corrected chi connectivity index (χ0v) is 10.1. The predicted molar refractivity (Wildman–Crippen MR) is 60.8 cm³/mol. The first kappa shape index (κ1) is 12.2. The van der Waals surface area contributed by atoms with Crippen molar-refractivity contribution in [1.82, 2.24) is 9.96 Å². The highest BCUT2D eigenvalue weighted by molar-refractivity contribution is 5.87. The summed E-state index contributed by atoms with van der Waals surface area (Å²) in [6.07, 6.45) is 3.37. The van der Waals surface area contributed by atoms with Gasteiger partial charge in [0.15, 0.2) is 0 Å². The van der Waals surface area contributed by atoms with Crippen LogP contribution in [0.4, 0.5) is 4.79 Å². The molecule has 0 unspecified atom stereocenters. The Morgan fingerprint density at radius 2 is 2.29 bits per heavy atom. The van der Waals surface area contributed by atoms with Crippen molar-refractivity contribution >= 4 is 11.9 Å². The molecule has 0 radical (unpaired) electrons. The Hall–Kier alpha value is -1.30. The maximum Gasteiger partial charge on any atom is 0.345 e. The maximum atomic E-state index is 12.0. The van der Waals surface area contributed by atoms with Gasteiger partial charge in [-0.05, 0) is 19.3 Å². The van der Waals surface area contributed by atoms with E-state index < -0.39 is 11.9 Å². The van der Waals surface area contributed by atoms with Crippen molar-refractivity contribution in [2.75, 3.05) is 13.2 Å². The zero-order valence-electron chi connectivity index (χ0n) is 10.1. The number of hydrogen-bond donors (Lipinski definition) is 1. The van der Waals surface area contributed by atoms with E-state index in [1.54, 1.807) is 0 Å². The molecule has 2 saturated heterocycles. The molecule has 0 saturated carbocycles. The lowest BCUT2D eigenvalue weighted by Crippen LogP contribution is -2.47. The summed E-state index contributed by atoms with van der Waals surface area (Å²) in [5.74, 6) is -0.424. The van der Waals surface area contributed by atoms with Gasteiger partial charge in [-0.15, -0.1) is 0 Å². The van der Waals surface area contributed by atoms with Crippen molar-refractivity contribution in [2.24, 2.45) is 5.73 Å². The van der Waals surface area contributed by atoms with Gasteiger partial charge in [-0.3, -0.25) is 9.63 Å². The molecule has 0 spiro atoms. The number of unbranched alkanes of at least 4 members (excludes halogenated alkanes) is 1. The van der Waals surface area contributed by atoms with E-state index in [0.29, 0.717) is 19.6 Å². The predicted octanol–water partition coefficient (Wildman–Crippen LogP) is 0.472. The molecule has 0 aromatic carbocycles. The third-order valence-electron chi connectivity index (χ3n) is 3.38. The molecule has 2 N–H and O–H groups in total. The summed E-state index contributed by atoms with van der Waals surface area (Å²) in [7, 11) is 0. The van der Waals surface area contributed by atoms with Gasteiger partial charge in [0.05, 0.1) is 12.6 Å². The Labute approximate surface area is 101 Å². The molecule has 2 atom stereocenters. The number of nitrogens with zero attached hydrogens (tertiary/aromatic N) is 2. The molecule has 96 valence electrons. The van der Waals surface area contributed by atoms with Gasteiger partial charge in [-0.25, -0.2) is 4.79 Å². The molecular weight excluding hydrogens is 222 g/mol. The van der Waals surface area contributed by atoms with Gasteiger partial charge in [-0.2, -0.15) is 5.06 Å². The summed E-state index contributed by atoms with van der Waals surface area (Å²) in [4.78, 5) is 30.3. The van der Waals surface area contributed by atoms with Crippen molar-refractivity contribution < 1.29 is 14.4 Å². The van der Waals surface area contributed by atoms with Crippen molar-refractivity contribution in [3.05, 3.63) is 0 Å². The topological polar surface area (TPSA) is 75.9 Å². The standard InChI is InChI=1S/C11H19N3O3/c1-2-3-6-17-14-8-4-5-9(10(12)15)13(7-8)11(14)16/h8-9H,2-7H2,1H3,(H2,12,15)/t8-,9+/m0/s1. The quantitative estimate of drug-likeness (QED) is 0.711. The first-order valence-electron chi connectivity index (χ1n) is 6.17. The van der Waals surface area contributed by atoms with Gasteiger partial charge in [0.25, 0.3) is 0 Å². The molecule has 6 heteroatoms. The van der Waals surface area contributed by atoms with Gasteiger partial charge in [0, 0.05) is 6.54 Å².